The minimum atomic E-state index is -1.28. The molecule has 0 aromatic carbocycles. The van der Waals surface area contributed by atoms with E-state index in [1.807, 2.05) is 32.1 Å². The Morgan fingerprint density at radius 2 is 1.89 bits per heavy atom. The van der Waals surface area contributed by atoms with E-state index < -0.39 is 11.9 Å². The van der Waals surface area contributed by atoms with Gasteiger partial charge in [-0.05, 0) is 45.4 Å². The first-order valence-electron chi connectivity index (χ1n) is 10.5. The highest BCUT2D eigenvalue weighted by atomic mass is 16.6. The maximum atomic E-state index is 10.3. The Bertz CT molecular complexity index is 583. The zero-order valence-electron chi connectivity index (χ0n) is 18.3. The summed E-state index contributed by atoms with van der Waals surface area (Å²) in [6.07, 6.45) is 19.8. The average Bonchev–Trinajstić information content (AvgIpc) is 2.63. The van der Waals surface area contributed by atoms with Gasteiger partial charge in [-0.1, -0.05) is 75.0 Å². The molecule has 0 amide bonds. The van der Waals surface area contributed by atoms with E-state index in [1.54, 1.807) is 6.92 Å². The summed E-state index contributed by atoms with van der Waals surface area (Å²) in [5.41, 5.74) is 1.37. The Morgan fingerprint density at radius 3 is 2.57 bits per heavy atom. The summed E-state index contributed by atoms with van der Waals surface area (Å²) >= 11 is 0. The van der Waals surface area contributed by atoms with Crippen LogP contribution in [0.4, 0.5) is 0 Å². The summed E-state index contributed by atoms with van der Waals surface area (Å²) in [5, 5.41) is 20.7. The number of aliphatic hydroxyl groups excluding tert-OH is 1. The molecular formula is C25H40O3. The molecule has 3 heteroatoms. The molecule has 1 aliphatic rings. The molecular weight excluding hydrogens is 348 g/mol. The lowest BCUT2D eigenvalue weighted by Gasteiger charge is -2.46. The monoisotopic (exact) mass is 388 g/mol. The molecule has 0 aliphatic carbocycles. The second-order valence-electron chi connectivity index (χ2n) is 8.39. The molecule has 1 heterocycles. The smallest absolute Gasteiger partial charge is 0.168 e. The van der Waals surface area contributed by atoms with Gasteiger partial charge in [0.15, 0.2) is 5.79 Å². The average molecular weight is 389 g/mol. The molecule has 2 N–H and O–H groups in total. The van der Waals surface area contributed by atoms with Crippen molar-refractivity contribution in [2.45, 2.75) is 78.3 Å². The summed E-state index contributed by atoms with van der Waals surface area (Å²) in [7, 11) is 0. The highest BCUT2D eigenvalue weighted by Gasteiger charge is 2.46. The van der Waals surface area contributed by atoms with Crippen molar-refractivity contribution in [3.05, 3.63) is 60.8 Å². The lowest BCUT2D eigenvalue weighted by molar-refractivity contribution is -0.306. The SMILES string of the molecule is C=CCC/C=C/C=C(\C)C[C@@H](C)/C=C/C=C/C[C@H]1O[C@](C)(O)[C@H](C)[C@@H](O)[C@H]1C. The van der Waals surface area contributed by atoms with Crippen molar-refractivity contribution >= 4 is 0 Å². The minimum absolute atomic E-state index is 0.00454. The van der Waals surface area contributed by atoms with Crippen LogP contribution >= 0.6 is 0 Å². The summed E-state index contributed by atoms with van der Waals surface area (Å²) in [5.74, 6) is -1.11. The van der Waals surface area contributed by atoms with Crippen molar-refractivity contribution in [2.75, 3.05) is 0 Å². The molecule has 0 bridgehead atoms. The van der Waals surface area contributed by atoms with Crippen LogP contribution in [-0.2, 0) is 4.74 Å². The fourth-order valence-corrected chi connectivity index (χ4v) is 3.51. The van der Waals surface area contributed by atoms with Crippen molar-refractivity contribution in [2.24, 2.45) is 17.8 Å². The fourth-order valence-electron chi connectivity index (χ4n) is 3.51. The van der Waals surface area contributed by atoms with E-state index in [0.29, 0.717) is 12.3 Å². The summed E-state index contributed by atoms with van der Waals surface area (Å²) in [6, 6.07) is 0. The summed E-state index contributed by atoms with van der Waals surface area (Å²) in [4.78, 5) is 0. The van der Waals surface area contributed by atoms with E-state index in [1.165, 1.54) is 5.57 Å². The van der Waals surface area contributed by atoms with Crippen molar-refractivity contribution in [3.8, 4) is 0 Å². The number of aliphatic hydroxyl groups is 2. The van der Waals surface area contributed by atoms with Crippen LogP contribution in [0.1, 0.15) is 60.3 Å². The molecule has 6 atom stereocenters. The first-order chi connectivity index (χ1) is 13.2. The third-order valence-electron chi connectivity index (χ3n) is 5.63. The lowest BCUT2D eigenvalue weighted by atomic mass is 9.80. The lowest BCUT2D eigenvalue weighted by Crippen LogP contribution is -2.55. The minimum Gasteiger partial charge on any atom is -0.392 e. The predicted octanol–water partition coefficient (Wildman–Crippen LogP) is 5.72. The molecule has 0 spiro atoms. The molecule has 158 valence electrons. The number of rotatable bonds is 10. The summed E-state index contributed by atoms with van der Waals surface area (Å²) in [6.45, 7) is 13.5. The Balaban J connectivity index is 2.43. The van der Waals surface area contributed by atoms with E-state index in [0.717, 1.165) is 19.3 Å². The fraction of sp³-hybridized carbons (Fsp3) is 0.600. The largest absolute Gasteiger partial charge is 0.392 e. The molecule has 0 radical (unpaired) electrons. The van der Waals surface area contributed by atoms with Gasteiger partial charge in [-0.3, -0.25) is 0 Å². The Morgan fingerprint density at radius 1 is 1.18 bits per heavy atom. The van der Waals surface area contributed by atoms with E-state index in [2.05, 4.69) is 50.8 Å². The van der Waals surface area contributed by atoms with Crippen LogP contribution < -0.4 is 0 Å². The molecule has 0 aromatic heterocycles. The highest BCUT2D eigenvalue weighted by molar-refractivity contribution is 5.13. The maximum Gasteiger partial charge on any atom is 0.168 e. The molecule has 0 unspecified atom stereocenters. The van der Waals surface area contributed by atoms with Gasteiger partial charge in [-0.25, -0.2) is 0 Å². The molecule has 0 saturated carbocycles. The second-order valence-corrected chi connectivity index (χ2v) is 8.39. The number of allylic oxidation sites excluding steroid dienone is 8. The van der Waals surface area contributed by atoms with Crippen LogP contribution in [0.5, 0.6) is 0 Å². The summed E-state index contributed by atoms with van der Waals surface area (Å²) < 4.78 is 5.81. The third kappa shape index (κ3) is 8.30. The topological polar surface area (TPSA) is 49.7 Å². The number of hydrogen-bond donors (Lipinski definition) is 2. The predicted molar refractivity (Wildman–Crippen MR) is 119 cm³/mol. The van der Waals surface area contributed by atoms with Gasteiger partial charge in [0.05, 0.1) is 12.2 Å². The van der Waals surface area contributed by atoms with Crippen LogP contribution in [0.25, 0.3) is 0 Å². The Hall–Kier alpha value is -1.42. The molecule has 0 aromatic rings. The van der Waals surface area contributed by atoms with Crippen molar-refractivity contribution in [3.63, 3.8) is 0 Å². The normalized spacial score (nSPS) is 33.2. The molecule has 3 nitrogen and oxygen atoms in total. The van der Waals surface area contributed by atoms with Gasteiger partial charge in [0.1, 0.15) is 0 Å². The van der Waals surface area contributed by atoms with Gasteiger partial charge in [-0.15, -0.1) is 6.58 Å². The molecule has 1 rings (SSSR count). The van der Waals surface area contributed by atoms with Crippen LogP contribution in [0, 0.1) is 17.8 Å². The van der Waals surface area contributed by atoms with Crippen LogP contribution in [0.2, 0.25) is 0 Å². The van der Waals surface area contributed by atoms with Crippen molar-refractivity contribution in [1.29, 1.82) is 0 Å². The zero-order valence-corrected chi connectivity index (χ0v) is 18.3. The van der Waals surface area contributed by atoms with E-state index >= 15 is 0 Å². The Kier molecular flexibility index (Phi) is 10.7. The van der Waals surface area contributed by atoms with Gasteiger partial charge in [0.25, 0.3) is 0 Å². The maximum absolute atomic E-state index is 10.3. The van der Waals surface area contributed by atoms with Crippen LogP contribution in [0.15, 0.2) is 60.8 Å². The Labute approximate surface area is 172 Å². The zero-order chi connectivity index (χ0) is 21.2. The first kappa shape index (κ1) is 24.6. The van der Waals surface area contributed by atoms with Gasteiger partial charge in [-0.2, -0.15) is 0 Å². The third-order valence-corrected chi connectivity index (χ3v) is 5.63. The molecule has 1 saturated heterocycles. The van der Waals surface area contributed by atoms with Gasteiger partial charge in [0, 0.05) is 11.8 Å². The van der Waals surface area contributed by atoms with Gasteiger partial charge in [0.2, 0.25) is 0 Å². The standard InChI is InChI=1S/C25H40O3/c1-7-8-9-10-12-15-19(2)18-20(3)16-13-11-14-17-23-21(4)24(26)22(5)25(6,27)28-23/h7,10-16,20-24,26-27H,1,8-9,17-18H2,2-6H3/b12-10+,14-11+,16-13+,19-15+/t20-,21-,22+,23+,24-,25-/m0/s1. The van der Waals surface area contributed by atoms with Crippen molar-refractivity contribution in [1.82, 2.24) is 0 Å². The van der Waals surface area contributed by atoms with E-state index in [4.69, 9.17) is 4.74 Å². The molecule has 1 fully saturated rings. The number of ether oxygens (including phenoxy) is 1. The van der Waals surface area contributed by atoms with E-state index in [9.17, 15) is 10.2 Å². The molecule has 28 heavy (non-hydrogen) atoms. The van der Waals surface area contributed by atoms with Gasteiger partial charge >= 0.3 is 0 Å². The van der Waals surface area contributed by atoms with Crippen molar-refractivity contribution < 1.29 is 14.9 Å². The first-order valence-corrected chi connectivity index (χ1v) is 10.5. The highest BCUT2D eigenvalue weighted by Crippen LogP contribution is 2.36. The van der Waals surface area contributed by atoms with E-state index in [-0.39, 0.29) is 17.9 Å². The van der Waals surface area contributed by atoms with Crippen LogP contribution in [0.3, 0.4) is 0 Å². The van der Waals surface area contributed by atoms with Crippen LogP contribution in [-0.4, -0.2) is 28.2 Å². The number of hydrogen-bond acceptors (Lipinski definition) is 3. The quantitative estimate of drug-likeness (QED) is 0.286. The number of unbranched alkanes of at least 4 members (excludes halogenated alkanes) is 1. The molecule has 1 aliphatic heterocycles. The second kappa shape index (κ2) is 12.2. The van der Waals surface area contributed by atoms with Gasteiger partial charge < -0.3 is 14.9 Å².